The fourth-order valence-electron chi connectivity index (χ4n) is 2.27. The highest BCUT2D eigenvalue weighted by Gasteiger charge is 2.13. The van der Waals surface area contributed by atoms with Crippen LogP contribution in [-0.2, 0) is 7.05 Å². The van der Waals surface area contributed by atoms with Gasteiger partial charge in [0.1, 0.15) is 5.75 Å². The van der Waals surface area contributed by atoms with Gasteiger partial charge >= 0.3 is 0 Å². The van der Waals surface area contributed by atoms with Crippen LogP contribution < -0.4 is 9.54 Å². The molecule has 3 aromatic rings. The van der Waals surface area contributed by atoms with Crippen molar-refractivity contribution in [2.24, 2.45) is 12.0 Å². The highest BCUT2D eigenvalue weighted by Crippen LogP contribution is 2.29. The molecule has 1 aromatic heterocycles. The number of thiazole rings is 1. The van der Waals surface area contributed by atoms with E-state index in [0.29, 0.717) is 26.2 Å². The fourth-order valence-corrected chi connectivity index (χ4v) is 4.10. The van der Waals surface area contributed by atoms with Crippen LogP contribution in [0, 0.1) is 0 Å². The fraction of sp³-hybridized carbons (Fsp3) is 0.125. The molecule has 0 saturated carbocycles. The Morgan fingerprint density at radius 3 is 2.74 bits per heavy atom. The van der Waals surface area contributed by atoms with Crippen LogP contribution >= 0.6 is 34.5 Å². The first-order chi connectivity index (χ1) is 11.0. The highest BCUT2D eigenvalue weighted by molar-refractivity contribution is 7.16. The molecule has 2 aromatic carbocycles. The van der Waals surface area contributed by atoms with Crippen LogP contribution in [0.3, 0.4) is 0 Å². The Labute approximate surface area is 146 Å². The maximum absolute atomic E-state index is 12.5. The van der Waals surface area contributed by atoms with E-state index in [9.17, 15) is 4.79 Å². The van der Waals surface area contributed by atoms with Crippen molar-refractivity contribution < 1.29 is 9.53 Å². The van der Waals surface area contributed by atoms with E-state index < -0.39 is 0 Å². The van der Waals surface area contributed by atoms with Gasteiger partial charge in [0, 0.05) is 12.1 Å². The molecule has 23 heavy (non-hydrogen) atoms. The predicted molar refractivity (Wildman–Crippen MR) is 93.7 cm³/mol. The van der Waals surface area contributed by atoms with Gasteiger partial charge < -0.3 is 9.30 Å². The molecule has 118 valence electrons. The summed E-state index contributed by atoms with van der Waals surface area (Å²) >= 11 is 13.6. The number of rotatable bonds is 2. The van der Waals surface area contributed by atoms with Gasteiger partial charge in [-0.1, -0.05) is 46.7 Å². The lowest BCUT2D eigenvalue weighted by Gasteiger charge is -2.03. The SMILES string of the molecule is COc1ccccc1C(=O)N=c1sc2cc(Cl)cc(Cl)c2n1C. The summed E-state index contributed by atoms with van der Waals surface area (Å²) in [6.45, 7) is 0. The molecule has 0 N–H and O–H groups in total. The molecule has 4 nitrogen and oxygen atoms in total. The number of carbonyl (C=O) groups excluding carboxylic acids is 1. The van der Waals surface area contributed by atoms with E-state index in [1.54, 1.807) is 41.0 Å². The highest BCUT2D eigenvalue weighted by atomic mass is 35.5. The predicted octanol–water partition coefficient (Wildman–Crippen LogP) is 4.30. The second-order valence-electron chi connectivity index (χ2n) is 4.80. The average Bonchev–Trinajstić information content (AvgIpc) is 2.83. The van der Waals surface area contributed by atoms with Gasteiger partial charge in [0.05, 0.1) is 27.9 Å². The molecule has 0 spiro atoms. The van der Waals surface area contributed by atoms with Crippen LogP contribution in [0.2, 0.25) is 10.0 Å². The van der Waals surface area contributed by atoms with Crippen molar-refractivity contribution in [3.05, 3.63) is 56.8 Å². The zero-order valence-electron chi connectivity index (χ0n) is 12.3. The number of nitrogens with zero attached hydrogens (tertiary/aromatic N) is 2. The molecule has 0 aliphatic heterocycles. The molecule has 0 bridgehead atoms. The third-order valence-corrected chi connectivity index (χ3v) is 4.94. The smallest absolute Gasteiger partial charge is 0.283 e. The summed E-state index contributed by atoms with van der Waals surface area (Å²) in [5, 5.41) is 1.07. The van der Waals surface area contributed by atoms with Gasteiger partial charge in [-0.2, -0.15) is 4.99 Å². The van der Waals surface area contributed by atoms with E-state index in [1.807, 2.05) is 7.05 Å². The lowest BCUT2D eigenvalue weighted by atomic mass is 10.2. The molecule has 0 unspecified atom stereocenters. The number of benzene rings is 2. The maximum atomic E-state index is 12.5. The van der Waals surface area contributed by atoms with Crippen LogP contribution in [0.1, 0.15) is 10.4 Å². The van der Waals surface area contributed by atoms with Gasteiger partial charge in [0.2, 0.25) is 0 Å². The summed E-state index contributed by atoms with van der Waals surface area (Å²) in [6.07, 6.45) is 0. The quantitative estimate of drug-likeness (QED) is 0.678. The number of amides is 1. The Hall–Kier alpha value is -1.82. The van der Waals surface area contributed by atoms with Crippen LogP contribution in [0.5, 0.6) is 5.75 Å². The molecule has 1 amide bonds. The Kier molecular flexibility index (Phi) is 4.43. The van der Waals surface area contributed by atoms with E-state index >= 15 is 0 Å². The third kappa shape index (κ3) is 3.00. The summed E-state index contributed by atoms with van der Waals surface area (Å²) in [5.41, 5.74) is 1.21. The Morgan fingerprint density at radius 1 is 1.26 bits per heavy atom. The molecule has 1 heterocycles. The topological polar surface area (TPSA) is 43.6 Å². The standard InChI is InChI=1S/C16H12Cl2N2O2S/c1-20-14-11(18)7-9(17)8-13(14)23-16(20)19-15(21)10-5-3-4-6-12(10)22-2/h3-8H,1-2H3. The van der Waals surface area contributed by atoms with Gasteiger partial charge in [-0.3, -0.25) is 4.79 Å². The number of aromatic nitrogens is 1. The van der Waals surface area contributed by atoms with Crippen molar-refractivity contribution in [2.75, 3.05) is 7.11 Å². The first kappa shape index (κ1) is 16.1. The van der Waals surface area contributed by atoms with Gasteiger partial charge in [0.15, 0.2) is 4.80 Å². The minimum atomic E-state index is -0.369. The maximum Gasteiger partial charge on any atom is 0.283 e. The molecule has 0 atom stereocenters. The molecule has 0 aliphatic carbocycles. The molecule has 3 rings (SSSR count). The number of carbonyl (C=O) groups is 1. The monoisotopic (exact) mass is 366 g/mol. The number of para-hydroxylation sites is 1. The number of aryl methyl sites for hydroxylation is 1. The molecule has 0 fully saturated rings. The van der Waals surface area contributed by atoms with E-state index in [0.717, 1.165) is 10.2 Å². The van der Waals surface area contributed by atoms with Crippen LogP contribution in [0.25, 0.3) is 10.2 Å². The zero-order chi connectivity index (χ0) is 16.6. The van der Waals surface area contributed by atoms with E-state index in [4.69, 9.17) is 27.9 Å². The third-order valence-electron chi connectivity index (χ3n) is 3.35. The summed E-state index contributed by atoms with van der Waals surface area (Å²) < 4.78 is 7.86. The Bertz CT molecular complexity index is 976. The number of fused-ring (bicyclic) bond motifs is 1. The van der Waals surface area contributed by atoms with E-state index in [2.05, 4.69) is 4.99 Å². The normalized spacial score (nSPS) is 11.9. The number of hydrogen-bond donors (Lipinski definition) is 0. The first-order valence-corrected chi connectivity index (χ1v) is 8.25. The first-order valence-electron chi connectivity index (χ1n) is 6.68. The van der Waals surface area contributed by atoms with Crippen molar-refractivity contribution in [3.8, 4) is 5.75 Å². The van der Waals surface area contributed by atoms with Gasteiger partial charge in [-0.05, 0) is 24.3 Å². The van der Waals surface area contributed by atoms with Crippen LogP contribution in [-0.4, -0.2) is 17.6 Å². The van der Waals surface area contributed by atoms with Gasteiger partial charge in [-0.15, -0.1) is 0 Å². The minimum Gasteiger partial charge on any atom is -0.496 e. The largest absolute Gasteiger partial charge is 0.496 e. The van der Waals surface area contributed by atoms with Crippen molar-refractivity contribution in [3.63, 3.8) is 0 Å². The van der Waals surface area contributed by atoms with E-state index in [-0.39, 0.29) is 5.91 Å². The lowest BCUT2D eigenvalue weighted by Crippen LogP contribution is -2.13. The van der Waals surface area contributed by atoms with E-state index in [1.165, 1.54) is 18.4 Å². The zero-order valence-corrected chi connectivity index (χ0v) is 14.7. The minimum absolute atomic E-state index is 0.369. The molecular weight excluding hydrogens is 355 g/mol. The number of hydrogen-bond acceptors (Lipinski definition) is 3. The molecule has 7 heteroatoms. The second-order valence-corrected chi connectivity index (χ2v) is 6.65. The van der Waals surface area contributed by atoms with Crippen LogP contribution in [0.15, 0.2) is 41.4 Å². The average molecular weight is 367 g/mol. The lowest BCUT2D eigenvalue weighted by molar-refractivity contribution is 0.0995. The second kappa shape index (κ2) is 6.35. The van der Waals surface area contributed by atoms with Crippen molar-refractivity contribution in [2.45, 2.75) is 0 Å². The summed E-state index contributed by atoms with van der Waals surface area (Å²) in [5.74, 6) is 0.123. The summed E-state index contributed by atoms with van der Waals surface area (Å²) in [6, 6.07) is 10.5. The molecule has 0 radical (unpaired) electrons. The summed E-state index contributed by atoms with van der Waals surface area (Å²) in [4.78, 5) is 17.2. The Balaban J connectivity index is 2.16. The number of halogens is 2. The summed E-state index contributed by atoms with van der Waals surface area (Å²) in [7, 11) is 3.33. The van der Waals surface area contributed by atoms with Crippen molar-refractivity contribution >= 4 is 50.7 Å². The number of methoxy groups -OCH3 is 1. The molecular formula is C16H12Cl2N2O2S. The van der Waals surface area contributed by atoms with Crippen molar-refractivity contribution in [1.82, 2.24) is 4.57 Å². The van der Waals surface area contributed by atoms with Gasteiger partial charge in [0.25, 0.3) is 5.91 Å². The van der Waals surface area contributed by atoms with Gasteiger partial charge in [-0.25, -0.2) is 0 Å². The molecule has 0 aliphatic rings. The van der Waals surface area contributed by atoms with Crippen LogP contribution in [0.4, 0.5) is 0 Å². The molecule has 0 saturated heterocycles. The number of ether oxygens (including phenoxy) is 1. The Morgan fingerprint density at radius 2 is 2.00 bits per heavy atom. The van der Waals surface area contributed by atoms with Crippen molar-refractivity contribution in [1.29, 1.82) is 0 Å².